The van der Waals surface area contributed by atoms with Crippen LogP contribution in [0.5, 0.6) is 0 Å². The van der Waals surface area contributed by atoms with E-state index in [4.69, 9.17) is 4.52 Å². The van der Waals surface area contributed by atoms with E-state index in [0.29, 0.717) is 31.0 Å². The van der Waals surface area contributed by atoms with Gasteiger partial charge in [-0.25, -0.2) is 0 Å². The zero-order valence-electron chi connectivity index (χ0n) is 14.0. The van der Waals surface area contributed by atoms with Gasteiger partial charge in [0.25, 0.3) is 0 Å². The second kappa shape index (κ2) is 6.77. The van der Waals surface area contributed by atoms with E-state index in [1.165, 1.54) is 0 Å². The maximum atomic E-state index is 12.4. The molecule has 2 unspecified atom stereocenters. The Balaban J connectivity index is 1.88. The Hall–Kier alpha value is -1.43. The lowest BCUT2D eigenvalue weighted by atomic mass is 9.96. The Labute approximate surface area is 131 Å². The van der Waals surface area contributed by atoms with Crippen LogP contribution in [-0.4, -0.2) is 44.7 Å². The number of aryl methyl sites for hydroxylation is 1. The third-order valence-corrected chi connectivity index (χ3v) is 4.00. The van der Waals surface area contributed by atoms with Gasteiger partial charge in [0.1, 0.15) is 0 Å². The molecule has 1 amide bonds. The number of carbonyl (C=O) groups is 1. The molecule has 0 aromatic carbocycles. The molecule has 0 saturated carbocycles. The molecule has 124 valence electrons. The molecule has 2 atom stereocenters. The van der Waals surface area contributed by atoms with E-state index in [1.54, 1.807) is 6.92 Å². The number of aliphatic hydroxyl groups is 1. The molecule has 6 nitrogen and oxygen atoms in total. The van der Waals surface area contributed by atoms with Crippen LogP contribution in [0, 0.1) is 0 Å². The third kappa shape index (κ3) is 4.29. The van der Waals surface area contributed by atoms with Crippen molar-refractivity contribution >= 4 is 5.91 Å². The van der Waals surface area contributed by atoms with Crippen LogP contribution < -0.4 is 0 Å². The molecule has 0 spiro atoms. The van der Waals surface area contributed by atoms with Gasteiger partial charge in [-0.2, -0.15) is 4.98 Å². The average molecular weight is 309 g/mol. The zero-order chi connectivity index (χ0) is 16.3. The molecular weight excluding hydrogens is 282 g/mol. The first kappa shape index (κ1) is 16.9. The number of aromatic nitrogens is 2. The van der Waals surface area contributed by atoms with Crippen molar-refractivity contribution in [2.45, 2.75) is 77.4 Å². The number of carbonyl (C=O) groups excluding carboxylic acids is 1. The summed E-state index contributed by atoms with van der Waals surface area (Å²) < 4.78 is 5.22. The van der Waals surface area contributed by atoms with Crippen molar-refractivity contribution in [2.75, 3.05) is 6.54 Å². The second-order valence-electron chi connectivity index (χ2n) is 7.23. The van der Waals surface area contributed by atoms with Gasteiger partial charge < -0.3 is 14.5 Å². The normalized spacial score (nSPS) is 20.4. The zero-order valence-corrected chi connectivity index (χ0v) is 14.0. The molecule has 1 N–H and O–H groups in total. The highest BCUT2D eigenvalue weighted by Crippen LogP contribution is 2.23. The molecule has 0 radical (unpaired) electrons. The van der Waals surface area contributed by atoms with Gasteiger partial charge in [-0.1, -0.05) is 25.9 Å². The van der Waals surface area contributed by atoms with Crippen LogP contribution in [0.3, 0.4) is 0 Å². The maximum Gasteiger partial charge on any atom is 0.227 e. The van der Waals surface area contributed by atoms with Gasteiger partial charge in [0.05, 0.1) is 6.10 Å². The lowest BCUT2D eigenvalue weighted by Crippen LogP contribution is -2.37. The summed E-state index contributed by atoms with van der Waals surface area (Å²) in [7, 11) is 0. The summed E-state index contributed by atoms with van der Waals surface area (Å²) in [5.41, 5.74) is -0.150. The molecular formula is C16H27N3O3. The van der Waals surface area contributed by atoms with Crippen LogP contribution in [0.1, 0.15) is 65.1 Å². The summed E-state index contributed by atoms with van der Waals surface area (Å²) in [6, 6.07) is 0.167. The largest absolute Gasteiger partial charge is 0.393 e. The number of aliphatic hydroxyl groups excluding tert-OH is 1. The van der Waals surface area contributed by atoms with Crippen LogP contribution in [-0.2, 0) is 16.6 Å². The summed E-state index contributed by atoms with van der Waals surface area (Å²) in [5.74, 6) is 1.30. The van der Waals surface area contributed by atoms with Gasteiger partial charge >= 0.3 is 0 Å². The first-order valence-corrected chi connectivity index (χ1v) is 8.08. The summed E-state index contributed by atoms with van der Waals surface area (Å²) in [6.07, 6.45) is 3.12. The number of rotatable bonds is 5. The van der Waals surface area contributed by atoms with Gasteiger partial charge in [0, 0.05) is 30.8 Å². The van der Waals surface area contributed by atoms with Gasteiger partial charge in [0.2, 0.25) is 11.8 Å². The summed E-state index contributed by atoms with van der Waals surface area (Å²) >= 11 is 0. The van der Waals surface area contributed by atoms with Crippen LogP contribution in [0.4, 0.5) is 0 Å². The van der Waals surface area contributed by atoms with Gasteiger partial charge in [0.15, 0.2) is 5.82 Å². The van der Waals surface area contributed by atoms with E-state index in [-0.39, 0.29) is 23.5 Å². The minimum absolute atomic E-state index is 0.110. The highest BCUT2D eigenvalue weighted by molar-refractivity contribution is 5.77. The van der Waals surface area contributed by atoms with Crippen molar-refractivity contribution in [3.63, 3.8) is 0 Å². The monoisotopic (exact) mass is 309 g/mol. The number of likely N-dealkylation sites (tertiary alicyclic amines) is 1. The first-order valence-electron chi connectivity index (χ1n) is 8.08. The number of hydrogen-bond donors (Lipinski definition) is 1. The highest BCUT2D eigenvalue weighted by Gasteiger charge is 2.29. The molecule has 1 aliphatic rings. The molecule has 1 aromatic rings. The molecule has 2 rings (SSSR count). The Morgan fingerprint density at radius 2 is 2.23 bits per heavy atom. The highest BCUT2D eigenvalue weighted by atomic mass is 16.5. The number of amides is 1. The van der Waals surface area contributed by atoms with E-state index in [2.05, 4.69) is 10.1 Å². The molecule has 1 fully saturated rings. The molecule has 0 bridgehead atoms. The van der Waals surface area contributed by atoms with Crippen LogP contribution in [0.25, 0.3) is 0 Å². The van der Waals surface area contributed by atoms with Crippen molar-refractivity contribution in [3.05, 3.63) is 11.7 Å². The van der Waals surface area contributed by atoms with E-state index >= 15 is 0 Å². The van der Waals surface area contributed by atoms with Gasteiger partial charge in [-0.05, 0) is 26.2 Å². The Kier molecular flexibility index (Phi) is 5.21. The van der Waals surface area contributed by atoms with Gasteiger partial charge in [-0.3, -0.25) is 4.79 Å². The molecule has 1 saturated heterocycles. The lowest BCUT2D eigenvalue weighted by molar-refractivity contribution is -0.132. The first-order chi connectivity index (χ1) is 10.3. The van der Waals surface area contributed by atoms with Crippen LogP contribution in [0.15, 0.2) is 4.52 Å². The summed E-state index contributed by atoms with van der Waals surface area (Å²) in [6.45, 7) is 8.63. The van der Waals surface area contributed by atoms with Crippen molar-refractivity contribution < 1.29 is 14.4 Å². The molecule has 1 aromatic heterocycles. The average Bonchev–Trinajstić information content (AvgIpc) is 3.03. The maximum absolute atomic E-state index is 12.4. The van der Waals surface area contributed by atoms with E-state index < -0.39 is 0 Å². The number of nitrogens with zero attached hydrogens (tertiary/aromatic N) is 3. The Morgan fingerprint density at radius 1 is 1.50 bits per heavy atom. The molecule has 2 heterocycles. The Bertz CT molecular complexity index is 505. The van der Waals surface area contributed by atoms with Crippen LogP contribution >= 0.6 is 0 Å². The topological polar surface area (TPSA) is 79.5 Å². The smallest absolute Gasteiger partial charge is 0.227 e. The minimum atomic E-state index is -0.372. The fourth-order valence-corrected chi connectivity index (χ4v) is 2.82. The quantitative estimate of drug-likeness (QED) is 0.900. The predicted molar refractivity (Wildman–Crippen MR) is 82.4 cm³/mol. The van der Waals surface area contributed by atoms with E-state index in [9.17, 15) is 9.90 Å². The van der Waals surface area contributed by atoms with Crippen molar-refractivity contribution in [1.29, 1.82) is 0 Å². The van der Waals surface area contributed by atoms with E-state index in [0.717, 1.165) is 19.4 Å². The lowest BCUT2D eigenvalue weighted by Gasteiger charge is -2.25. The second-order valence-corrected chi connectivity index (χ2v) is 7.23. The third-order valence-electron chi connectivity index (χ3n) is 4.00. The fraction of sp³-hybridized carbons (Fsp3) is 0.812. The van der Waals surface area contributed by atoms with Crippen molar-refractivity contribution in [1.82, 2.24) is 15.0 Å². The van der Waals surface area contributed by atoms with E-state index in [1.807, 2.05) is 25.7 Å². The number of hydrogen-bond acceptors (Lipinski definition) is 5. The van der Waals surface area contributed by atoms with Crippen molar-refractivity contribution in [3.8, 4) is 0 Å². The molecule has 0 aliphatic carbocycles. The molecule has 1 aliphatic heterocycles. The Morgan fingerprint density at radius 3 is 2.82 bits per heavy atom. The van der Waals surface area contributed by atoms with Crippen LogP contribution in [0.2, 0.25) is 0 Å². The summed E-state index contributed by atoms with van der Waals surface area (Å²) in [4.78, 5) is 18.6. The molecule has 6 heteroatoms. The SMILES string of the molecule is CC(O)CC1CCCN1C(=O)CCc1nc(C(C)(C)C)no1. The van der Waals surface area contributed by atoms with Crippen molar-refractivity contribution in [2.24, 2.45) is 0 Å². The standard InChI is InChI=1S/C16H27N3O3/c1-11(20)10-12-6-5-9-19(12)14(21)8-7-13-17-15(18-22-13)16(2,3)4/h11-12,20H,5-10H2,1-4H3. The molecule has 22 heavy (non-hydrogen) atoms. The fourth-order valence-electron chi connectivity index (χ4n) is 2.82. The summed E-state index contributed by atoms with van der Waals surface area (Å²) in [5, 5.41) is 13.5. The predicted octanol–water partition coefficient (Wildman–Crippen LogP) is 2.06. The minimum Gasteiger partial charge on any atom is -0.393 e. The van der Waals surface area contributed by atoms with Gasteiger partial charge in [-0.15, -0.1) is 0 Å².